The van der Waals surface area contributed by atoms with E-state index in [9.17, 15) is 18.0 Å². The van der Waals surface area contributed by atoms with E-state index in [-0.39, 0.29) is 43.8 Å². The van der Waals surface area contributed by atoms with Crippen LogP contribution in [0.5, 0.6) is 0 Å². The molecule has 2 amide bonds. The molecule has 0 aliphatic heterocycles. The van der Waals surface area contributed by atoms with Crippen molar-refractivity contribution in [2.75, 3.05) is 17.1 Å². The Bertz CT molecular complexity index is 1510. The molecular weight excluding hydrogens is 617 g/mol. The number of benzene rings is 3. The zero-order valence-electron chi connectivity index (χ0n) is 25.3. The van der Waals surface area contributed by atoms with Crippen LogP contribution in [0.1, 0.15) is 62.1 Å². The second kappa shape index (κ2) is 15.8. The lowest BCUT2D eigenvalue weighted by Crippen LogP contribution is -2.52. The van der Waals surface area contributed by atoms with Gasteiger partial charge in [-0.25, -0.2) is 8.42 Å². The SMILES string of the molecule is CCc1ccc(N(CCCC(=O)N(Cc2ccc(Cl)c(Cl)c2)C(Cc2ccccc2)C(=O)NC2CCCC2)S(C)(=O)=O)cc1. The van der Waals surface area contributed by atoms with Crippen molar-refractivity contribution in [2.24, 2.45) is 0 Å². The molecule has 10 heteroatoms. The Kier molecular flexibility index (Phi) is 12.1. The van der Waals surface area contributed by atoms with E-state index >= 15 is 0 Å². The van der Waals surface area contributed by atoms with E-state index < -0.39 is 16.1 Å². The third-order valence-electron chi connectivity index (χ3n) is 8.09. The predicted molar refractivity (Wildman–Crippen MR) is 179 cm³/mol. The Morgan fingerprint density at radius 1 is 0.909 bits per heavy atom. The van der Waals surface area contributed by atoms with Crippen molar-refractivity contribution in [1.29, 1.82) is 0 Å². The van der Waals surface area contributed by atoms with E-state index in [1.54, 1.807) is 35.2 Å². The minimum atomic E-state index is -3.58. The molecule has 1 atom stereocenters. The summed E-state index contributed by atoms with van der Waals surface area (Å²) in [5.41, 5.74) is 3.34. The summed E-state index contributed by atoms with van der Waals surface area (Å²) in [6, 6.07) is 21.6. The topological polar surface area (TPSA) is 86.8 Å². The van der Waals surface area contributed by atoms with Gasteiger partial charge in [0.1, 0.15) is 6.04 Å². The molecule has 1 aliphatic carbocycles. The van der Waals surface area contributed by atoms with Crippen LogP contribution >= 0.6 is 23.2 Å². The first-order chi connectivity index (χ1) is 21.0. The normalized spacial score (nSPS) is 14.3. The largest absolute Gasteiger partial charge is 0.352 e. The van der Waals surface area contributed by atoms with Crippen LogP contribution in [0.3, 0.4) is 0 Å². The van der Waals surface area contributed by atoms with Crippen LogP contribution in [-0.4, -0.2) is 50.0 Å². The molecule has 0 aromatic heterocycles. The molecular formula is C34H41Cl2N3O4S. The number of amides is 2. The molecule has 0 bridgehead atoms. The minimum absolute atomic E-state index is 0.0579. The molecule has 1 aliphatic rings. The summed E-state index contributed by atoms with van der Waals surface area (Å²) in [5, 5.41) is 3.97. The summed E-state index contributed by atoms with van der Waals surface area (Å²) in [7, 11) is -3.58. The maximum atomic E-state index is 14.0. The van der Waals surface area contributed by atoms with Gasteiger partial charge in [0.2, 0.25) is 21.8 Å². The highest BCUT2D eigenvalue weighted by atomic mass is 35.5. The van der Waals surface area contributed by atoms with Crippen molar-refractivity contribution in [3.63, 3.8) is 0 Å². The van der Waals surface area contributed by atoms with Crippen molar-refractivity contribution < 1.29 is 18.0 Å². The van der Waals surface area contributed by atoms with Gasteiger partial charge in [-0.2, -0.15) is 0 Å². The molecule has 0 heterocycles. The van der Waals surface area contributed by atoms with Crippen molar-refractivity contribution in [1.82, 2.24) is 10.2 Å². The molecule has 1 unspecified atom stereocenters. The number of carbonyl (C=O) groups excluding carboxylic acids is 2. The molecule has 0 saturated heterocycles. The molecule has 4 rings (SSSR count). The summed E-state index contributed by atoms with van der Waals surface area (Å²) in [6.07, 6.45) is 6.67. The van der Waals surface area contributed by atoms with Crippen LogP contribution in [0.2, 0.25) is 10.0 Å². The number of nitrogens with one attached hydrogen (secondary N) is 1. The maximum Gasteiger partial charge on any atom is 0.243 e. The number of aryl methyl sites for hydroxylation is 1. The minimum Gasteiger partial charge on any atom is -0.352 e. The van der Waals surface area contributed by atoms with Gasteiger partial charge in [0.05, 0.1) is 22.0 Å². The summed E-state index contributed by atoms with van der Waals surface area (Å²) in [6.45, 7) is 2.33. The summed E-state index contributed by atoms with van der Waals surface area (Å²) >= 11 is 12.5. The first kappa shape index (κ1) is 33.8. The lowest BCUT2D eigenvalue weighted by atomic mass is 10.0. The Morgan fingerprint density at radius 2 is 1.57 bits per heavy atom. The number of nitrogens with zero attached hydrogens (tertiary/aromatic N) is 2. The molecule has 3 aromatic rings. The van der Waals surface area contributed by atoms with Crippen molar-refractivity contribution in [3.05, 3.63) is 99.5 Å². The Labute approximate surface area is 271 Å². The lowest BCUT2D eigenvalue weighted by Gasteiger charge is -2.33. The highest BCUT2D eigenvalue weighted by molar-refractivity contribution is 7.92. The van der Waals surface area contributed by atoms with E-state index in [0.29, 0.717) is 22.2 Å². The number of sulfonamides is 1. The van der Waals surface area contributed by atoms with E-state index in [1.807, 2.05) is 49.4 Å². The quantitative estimate of drug-likeness (QED) is 0.207. The third kappa shape index (κ3) is 9.46. The number of halogens is 2. The number of hydrogen-bond donors (Lipinski definition) is 1. The highest BCUT2D eigenvalue weighted by Crippen LogP contribution is 2.26. The van der Waals surface area contributed by atoms with Gasteiger partial charge in [0.15, 0.2) is 0 Å². The molecule has 7 nitrogen and oxygen atoms in total. The number of rotatable bonds is 14. The highest BCUT2D eigenvalue weighted by Gasteiger charge is 2.32. The number of hydrogen-bond acceptors (Lipinski definition) is 4. The Hall–Kier alpha value is -3.07. The zero-order valence-corrected chi connectivity index (χ0v) is 27.7. The van der Waals surface area contributed by atoms with Crippen LogP contribution in [0.25, 0.3) is 0 Å². The Morgan fingerprint density at radius 3 is 2.18 bits per heavy atom. The summed E-state index contributed by atoms with van der Waals surface area (Å²) in [4.78, 5) is 29.5. The standard InChI is InChI=1S/C34H41Cl2N3O4S/c1-3-25-15-18-29(19-16-25)39(44(2,42)43)21-9-14-33(40)38(24-27-17-20-30(35)31(36)22-27)32(23-26-10-5-4-6-11-26)34(41)37-28-12-7-8-13-28/h4-6,10-11,15-20,22,28,32H,3,7-9,12-14,21,23-24H2,1-2H3,(H,37,41). The molecule has 1 fully saturated rings. The molecule has 236 valence electrons. The maximum absolute atomic E-state index is 14.0. The van der Waals surface area contributed by atoms with Gasteiger partial charge >= 0.3 is 0 Å². The van der Waals surface area contributed by atoms with Gasteiger partial charge in [0, 0.05) is 32.0 Å². The molecule has 0 spiro atoms. The first-order valence-electron chi connectivity index (χ1n) is 15.2. The second-order valence-corrected chi connectivity index (χ2v) is 14.1. The second-order valence-electron chi connectivity index (χ2n) is 11.4. The Balaban J connectivity index is 1.59. The summed E-state index contributed by atoms with van der Waals surface area (Å²) < 4.78 is 26.8. The number of anilines is 1. The van der Waals surface area contributed by atoms with E-state index in [1.165, 1.54) is 10.6 Å². The fraction of sp³-hybridized carbons (Fsp3) is 0.412. The summed E-state index contributed by atoms with van der Waals surface area (Å²) in [5.74, 6) is -0.434. The van der Waals surface area contributed by atoms with Crippen LogP contribution in [0.4, 0.5) is 5.69 Å². The van der Waals surface area contributed by atoms with Crippen LogP contribution in [0.15, 0.2) is 72.8 Å². The van der Waals surface area contributed by atoms with Crippen molar-refractivity contribution in [3.8, 4) is 0 Å². The van der Waals surface area contributed by atoms with Gasteiger partial charge < -0.3 is 10.2 Å². The van der Waals surface area contributed by atoms with Crippen LogP contribution in [-0.2, 0) is 39.0 Å². The smallest absolute Gasteiger partial charge is 0.243 e. The average molecular weight is 659 g/mol. The number of carbonyl (C=O) groups is 2. The van der Waals surface area contributed by atoms with E-state index in [4.69, 9.17) is 23.2 Å². The molecule has 1 N–H and O–H groups in total. The van der Waals surface area contributed by atoms with Crippen molar-refractivity contribution >= 4 is 50.7 Å². The van der Waals surface area contributed by atoms with E-state index in [2.05, 4.69) is 5.32 Å². The van der Waals surface area contributed by atoms with Gasteiger partial charge in [-0.3, -0.25) is 13.9 Å². The fourth-order valence-corrected chi connectivity index (χ4v) is 6.94. The molecule has 0 radical (unpaired) electrons. The van der Waals surface area contributed by atoms with Crippen LogP contribution < -0.4 is 9.62 Å². The van der Waals surface area contributed by atoms with Gasteiger partial charge in [-0.1, -0.05) is 91.5 Å². The van der Waals surface area contributed by atoms with Crippen molar-refractivity contribution in [2.45, 2.75) is 76.9 Å². The van der Waals surface area contributed by atoms with Gasteiger partial charge in [-0.05, 0) is 66.6 Å². The molecule has 44 heavy (non-hydrogen) atoms. The third-order valence-corrected chi connectivity index (χ3v) is 10.0. The van der Waals surface area contributed by atoms with Gasteiger partial charge in [0.25, 0.3) is 0 Å². The predicted octanol–water partition coefficient (Wildman–Crippen LogP) is 6.80. The molecule has 1 saturated carbocycles. The lowest BCUT2D eigenvalue weighted by molar-refractivity contribution is -0.141. The monoisotopic (exact) mass is 657 g/mol. The van der Waals surface area contributed by atoms with Crippen LogP contribution in [0, 0.1) is 0 Å². The fourth-order valence-electron chi connectivity index (χ4n) is 5.66. The zero-order chi connectivity index (χ0) is 31.7. The van der Waals surface area contributed by atoms with E-state index in [0.717, 1.165) is 48.8 Å². The van der Waals surface area contributed by atoms with Gasteiger partial charge in [-0.15, -0.1) is 0 Å². The molecule has 3 aromatic carbocycles. The average Bonchev–Trinajstić information content (AvgIpc) is 3.52. The first-order valence-corrected chi connectivity index (χ1v) is 17.8.